The zero-order valence-electron chi connectivity index (χ0n) is 18.3. The van der Waals surface area contributed by atoms with Crippen LogP contribution in [-0.4, -0.2) is 61.5 Å². The maximum atomic E-state index is 13.0. The first kappa shape index (κ1) is 24.8. The van der Waals surface area contributed by atoms with Crippen LogP contribution < -0.4 is 4.72 Å². The monoisotopic (exact) mass is 454 g/mol. The molecule has 10 heteroatoms. The number of carbonyl (C=O) groups excluding carboxylic acids is 2. The lowest BCUT2D eigenvalue weighted by Crippen LogP contribution is -2.51. The third kappa shape index (κ3) is 7.03. The van der Waals surface area contributed by atoms with E-state index in [4.69, 9.17) is 4.74 Å². The molecule has 0 bridgehead atoms. The Labute approximate surface area is 182 Å². The first-order chi connectivity index (χ1) is 14.3. The van der Waals surface area contributed by atoms with Crippen molar-refractivity contribution in [3.05, 3.63) is 29.8 Å². The van der Waals surface area contributed by atoms with E-state index >= 15 is 0 Å². The van der Waals surface area contributed by atoms with Crippen molar-refractivity contribution in [1.82, 2.24) is 9.62 Å². The number of nitrogens with one attached hydrogen (secondary N) is 1. The van der Waals surface area contributed by atoms with Crippen molar-refractivity contribution < 1.29 is 32.6 Å². The zero-order valence-corrected chi connectivity index (χ0v) is 19.1. The number of amides is 1. The number of hydrogen-bond donors (Lipinski definition) is 2. The van der Waals surface area contributed by atoms with Crippen molar-refractivity contribution in [3.63, 3.8) is 0 Å². The van der Waals surface area contributed by atoms with E-state index in [1.807, 2.05) is 20.8 Å². The highest BCUT2D eigenvalue weighted by molar-refractivity contribution is 7.89. The molecule has 31 heavy (non-hydrogen) atoms. The number of carboxylic acids is 1. The van der Waals surface area contributed by atoms with Gasteiger partial charge in [-0.05, 0) is 42.9 Å². The molecular weight excluding hydrogens is 424 g/mol. The molecule has 1 aromatic rings. The minimum Gasteiger partial charge on any atom is -0.481 e. The first-order valence-electron chi connectivity index (χ1n) is 10.2. The van der Waals surface area contributed by atoms with Gasteiger partial charge in [-0.2, -0.15) is 4.72 Å². The Balaban J connectivity index is 2.25. The Morgan fingerprint density at radius 3 is 2.23 bits per heavy atom. The molecule has 2 rings (SSSR count). The van der Waals surface area contributed by atoms with Gasteiger partial charge in [0.25, 0.3) is 0 Å². The topological polar surface area (TPSA) is 130 Å². The quantitative estimate of drug-likeness (QED) is 0.514. The number of rotatable bonds is 10. The maximum Gasteiger partial charge on any atom is 0.325 e. The second-order valence-electron chi connectivity index (χ2n) is 8.55. The van der Waals surface area contributed by atoms with Crippen molar-refractivity contribution >= 4 is 27.9 Å². The van der Waals surface area contributed by atoms with Crippen LogP contribution in [0, 0.1) is 0 Å². The summed E-state index contributed by atoms with van der Waals surface area (Å²) in [6.07, 6.45) is 0.572. The van der Waals surface area contributed by atoms with E-state index in [-0.39, 0.29) is 29.5 Å². The van der Waals surface area contributed by atoms with Gasteiger partial charge in [-0.1, -0.05) is 32.9 Å². The van der Waals surface area contributed by atoms with Gasteiger partial charge in [-0.3, -0.25) is 14.4 Å². The molecule has 1 saturated carbocycles. The molecule has 1 aromatic carbocycles. The molecule has 0 heterocycles. The van der Waals surface area contributed by atoms with Crippen LogP contribution in [-0.2, 0) is 34.6 Å². The lowest BCUT2D eigenvalue weighted by Gasteiger charge is -2.26. The number of benzene rings is 1. The molecular formula is C21H30N2O7S. The zero-order chi connectivity index (χ0) is 23.4. The van der Waals surface area contributed by atoms with Crippen LogP contribution >= 0.6 is 0 Å². The summed E-state index contributed by atoms with van der Waals surface area (Å²) in [6.45, 7) is 7.40. The molecule has 0 radical (unpaired) electrons. The lowest BCUT2D eigenvalue weighted by atomic mass is 9.87. The van der Waals surface area contributed by atoms with E-state index in [2.05, 4.69) is 4.72 Å². The summed E-state index contributed by atoms with van der Waals surface area (Å²) in [5, 5.41) is 9.23. The van der Waals surface area contributed by atoms with Gasteiger partial charge in [0.15, 0.2) is 0 Å². The second kappa shape index (κ2) is 9.78. The number of nitrogens with zero attached hydrogens (tertiary/aromatic N) is 1. The van der Waals surface area contributed by atoms with Crippen LogP contribution in [0.5, 0.6) is 0 Å². The minimum absolute atomic E-state index is 0.0768. The third-order valence-corrected chi connectivity index (χ3v) is 6.37. The fourth-order valence-electron chi connectivity index (χ4n) is 3.06. The summed E-state index contributed by atoms with van der Waals surface area (Å²) < 4.78 is 32.8. The van der Waals surface area contributed by atoms with Crippen LogP contribution in [0.3, 0.4) is 0 Å². The Hall–Kier alpha value is -2.46. The number of aliphatic carboxylic acids is 1. The number of ether oxygens (including phenoxy) is 1. The molecule has 9 nitrogen and oxygen atoms in total. The SMILES string of the molecule is CCOC(=O)CN(C(=O)[C@H](CC(=O)O)NS(=O)(=O)c1ccc(C(C)(C)C)cc1)C1CC1. The molecule has 0 saturated heterocycles. The Kier molecular flexibility index (Phi) is 7.82. The predicted molar refractivity (Wildman–Crippen MR) is 113 cm³/mol. The molecule has 0 aromatic heterocycles. The van der Waals surface area contributed by atoms with E-state index < -0.39 is 40.3 Å². The van der Waals surface area contributed by atoms with Crippen molar-refractivity contribution in [3.8, 4) is 0 Å². The molecule has 1 aliphatic carbocycles. The number of carboxylic acid groups (broad SMARTS) is 1. The number of hydrogen-bond acceptors (Lipinski definition) is 6. The highest BCUT2D eigenvalue weighted by atomic mass is 32.2. The Morgan fingerprint density at radius 1 is 1.19 bits per heavy atom. The van der Waals surface area contributed by atoms with Crippen molar-refractivity contribution in [1.29, 1.82) is 0 Å². The van der Waals surface area contributed by atoms with E-state index in [0.717, 1.165) is 5.56 Å². The molecule has 0 aliphatic heterocycles. The number of esters is 1. The van der Waals surface area contributed by atoms with E-state index in [1.165, 1.54) is 17.0 Å². The average Bonchev–Trinajstić information content (AvgIpc) is 3.49. The van der Waals surface area contributed by atoms with Crippen LogP contribution in [0.15, 0.2) is 29.2 Å². The highest BCUT2D eigenvalue weighted by Gasteiger charge is 2.39. The molecule has 1 fully saturated rings. The number of carbonyl (C=O) groups is 3. The minimum atomic E-state index is -4.17. The van der Waals surface area contributed by atoms with Gasteiger partial charge in [0.2, 0.25) is 15.9 Å². The lowest BCUT2D eigenvalue weighted by molar-refractivity contribution is -0.150. The number of sulfonamides is 1. The van der Waals surface area contributed by atoms with Gasteiger partial charge in [0, 0.05) is 6.04 Å². The van der Waals surface area contributed by atoms with Gasteiger partial charge < -0.3 is 14.7 Å². The molecule has 1 aliphatic rings. The van der Waals surface area contributed by atoms with E-state index in [9.17, 15) is 27.9 Å². The van der Waals surface area contributed by atoms with Crippen molar-refractivity contribution in [2.24, 2.45) is 0 Å². The molecule has 1 atom stereocenters. The normalized spacial score (nSPS) is 15.2. The van der Waals surface area contributed by atoms with Gasteiger partial charge in [0.1, 0.15) is 12.6 Å². The standard InChI is InChI=1S/C21H30N2O7S/c1-5-30-19(26)13-23(15-8-9-15)20(27)17(12-18(24)25)22-31(28,29)16-10-6-14(7-11-16)21(2,3)4/h6-7,10-11,15,17,22H,5,8-9,12-13H2,1-4H3,(H,24,25)/t17-/m0/s1. The molecule has 1 amide bonds. The molecule has 0 unspecified atom stereocenters. The summed E-state index contributed by atoms with van der Waals surface area (Å²) in [5.41, 5.74) is 0.758. The fraction of sp³-hybridized carbons (Fsp3) is 0.571. The van der Waals surface area contributed by atoms with E-state index in [0.29, 0.717) is 12.8 Å². The smallest absolute Gasteiger partial charge is 0.325 e. The van der Waals surface area contributed by atoms with Crippen molar-refractivity contribution in [2.75, 3.05) is 13.2 Å². The van der Waals surface area contributed by atoms with E-state index in [1.54, 1.807) is 19.1 Å². The highest BCUT2D eigenvalue weighted by Crippen LogP contribution is 2.28. The first-order valence-corrected chi connectivity index (χ1v) is 11.6. The summed E-state index contributed by atoms with van der Waals surface area (Å²) in [6, 6.07) is 4.42. The summed E-state index contributed by atoms with van der Waals surface area (Å²) in [7, 11) is -4.17. The summed E-state index contributed by atoms with van der Waals surface area (Å²) >= 11 is 0. The van der Waals surface area contributed by atoms with Gasteiger partial charge in [-0.15, -0.1) is 0 Å². The summed E-state index contributed by atoms with van der Waals surface area (Å²) in [5.74, 6) is -2.72. The third-order valence-electron chi connectivity index (χ3n) is 4.88. The van der Waals surface area contributed by atoms with Crippen molar-refractivity contribution in [2.45, 2.75) is 69.4 Å². The second-order valence-corrected chi connectivity index (χ2v) is 10.3. The van der Waals surface area contributed by atoms with Gasteiger partial charge in [-0.25, -0.2) is 8.42 Å². The van der Waals surface area contributed by atoms with Crippen LogP contribution in [0.1, 0.15) is 52.5 Å². The Bertz CT molecular complexity index is 916. The van der Waals surface area contributed by atoms with Gasteiger partial charge in [0.05, 0.1) is 17.9 Å². The van der Waals surface area contributed by atoms with Crippen LogP contribution in [0.25, 0.3) is 0 Å². The fourth-order valence-corrected chi connectivity index (χ4v) is 4.25. The average molecular weight is 455 g/mol. The summed E-state index contributed by atoms with van der Waals surface area (Å²) in [4.78, 5) is 37.4. The molecule has 172 valence electrons. The van der Waals surface area contributed by atoms with Crippen LogP contribution in [0.2, 0.25) is 0 Å². The molecule has 2 N–H and O–H groups in total. The molecule has 0 spiro atoms. The predicted octanol–water partition coefficient (Wildman–Crippen LogP) is 1.66. The van der Waals surface area contributed by atoms with Gasteiger partial charge >= 0.3 is 11.9 Å². The van der Waals surface area contributed by atoms with Crippen LogP contribution in [0.4, 0.5) is 0 Å². The maximum absolute atomic E-state index is 13.0. The Morgan fingerprint density at radius 2 is 1.77 bits per heavy atom. The largest absolute Gasteiger partial charge is 0.481 e.